The van der Waals surface area contributed by atoms with Gasteiger partial charge < -0.3 is 8.98 Å². The molecule has 0 atom stereocenters. The Morgan fingerprint density at radius 3 is 2.75 bits per heavy atom. The van der Waals surface area contributed by atoms with Crippen LogP contribution in [0.5, 0.6) is 0 Å². The van der Waals surface area contributed by atoms with Crippen molar-refractivity contribution in [3.8, 4) is 11.3 Å². The van der Waals surface area contributed by atoms with Crippen LogP contribution in [-0.4, -0.2) is 20.2 Å². The topological polar surface area (TPSA) is 91.2 Å². The highest BCUT2D eigenvalue weighted by molar-refractivity contribution is 7.99. The average Bonchev–Trinajstić information content (AvgIpc) is 3.06. The molecule has 0 aliphatic rings. The van der Waals surface area contributed by atoms with E-state index in [0.717, 1.165) is 5.56 Å². The first-order valence-corrected chi connectivity index (χ1v) is 8.11. The molecule has 0 spiro atoms. The zero-order chi connectivity index (χ0) is 16.9. The third-order valence-electron chi connectivity index (χ3n) is 3.28. The Kier molecular flexibility index (Phi) is 4.76. The van der Waals surface area contributed by atoms with Gasteiger partial charge in [-0.1, -0.05) is 42.1 Å². The van der Waals surface area contributed by atoms with Gasteiger partial charge in [-0.3, -0.25) is 14.9 Å². The first-order chi connectivity index (χ1) is 11.6. The van der Waals surface area contributed by atoms with E-state index in [0.29, 0.717) is 23.3 Å². The van der Waals surface area contributed by atoms with Crippen molar-refractivity contribution < 1.29 is 9.34 Å². The molecular weight excluding hydrogens is 330 g/mol. The molecule has 0 N–H and O–H groups in total. The number of pyridine rings is 1. The highest BCUT2D eigenvalue weighted by Gasteiger charge is 2.09. The van der Waals surface area contributed by atoms with E-state index in [-0.39, 0.29) is 11.2 Å². The Balaban J connectivity index is 1.63. The fourth-order valence-corrected chi connectivity index (χ4v) is 2.83. The highest BCUT2D eigenvalue weighted by atomic mass is 32.2. The number of aromatic nitrogens is 2. The largest absolute Gasteiger partial charge is 0.431 e. The van der Waals surface area contributed by atoms with Gasteiger partial charge in [0, 0.05) is 30.0 Å². The Bertz CT molecular complexity index is 905. The monoisotopic (exact) mass is 343 g/mol. The number of nitrogens with zero attached hydrogens (tertiary/aromatic N) is 3. The zero-order valence-electron chi connectivity index (χ0n) is 12.5. The lowest BCUT2D eigenvalue weighted by Gasteiger charge is -2.03. The van der Waals surface area contributed by atoms with Gasteiger partial charge in [-0.15, -0.1) is 0 Å². The second-order valence-electron chi connectivity index (χ2n) is 4.88. The van der Waals surface area contributed by atoms with Crippen molar-refractivity contribution in [2.24, 2.45) is 0 Å². The van der Waals surface area contributed by atoms with E-state index in [1.54, 1.807) is 6.20 Å². The molecule has 0 saturated heterocycles. The van der Waals surface area contributed by atoms with E-state index >= 15 is 0 Å². The summed E-state index contributed by atoms with van der Waals surface area (Å²) in [7, 11) is 0. The number of rotatable bonds is 6. The second-order valence-corrected chi connectivity index (χ2v) is 5.93. The van der Waals surface area contributed by atoms with E-state index in [1.807, 2.05) is 30.3 Å². The molecule has 2 aromatic heterocycles. The highest BCUT2D eigenvalue weighted by Crippen LogP contribution is 2.25. The van der Waals surface area contributed by atoms with E-state index in [4.69, 9.17) is 4.42 Å². The van der Waals surface area contributed by atoms with Gasteiger partial charge in [0.25, 0.3) is 16.5 Å². The van der Waals surface area contributed by atoms with Crippen molar-refractivity contribution in [1.82, 2.24) is 9.55 Å². The lowest BCUT2D eigenvalue weighted by Crippen LogP contribution is -2.19. The summed E-state index contributed by atoms with van der Waals surface area (Å²) in [5.41, 5.74) is 0.549. The van der Waals surface area contributed by atoms with Gasteiger partial charge in [-0.2, -0.15) is 0 Å². The van der Waals surface area contributed by atoms with Crippen LogP contribution in [-0.2, 0) is 6.54 Å². The van der Waals surface area contributed by atoms with Gasteiger partial charge in [0.1, 0.15) is 0 Å². The van der Waals surface area contributed by atoms with Crippen LogP contribution >= 0.6 is 11.8 Å². The molecule has 1 aromatic carbocycles. The van der Waals surface area contributed by atoms with Crippen LogP contribution in [0.15, 0.2) is 69.3 Å². The first-order valence-electron chi connectivity index (χ1n) is 7.12. The second kappa shape index (κ2) is 7.14. The van der Waals surface area contributed by atoms with E-state index < -0.39 is 4.92 Å². The molecule has 3 rings (SSSR count). The van der Waals surface area contributed by atoms with Crippen molar-refractivity contribution >= 4 is 17.4 Å². The van der Waals surface area contributed by atoms with Gasteiger partial charge in [0.05, 0.1) is 17.3 Å². The molecule has 0 saturated carbocycles. The predicted octanol–water partition coefficient (Wildman–Crippen LogP) is 3.20. The summed E-state index contributed by atoms with van der Waals surface area (Å²) < 4.78 is 6.97. The number of thioether (sulfide) groups is 1. The number of aryl methyl sites for hydroxylation is 1. The maximum Gasteiger partial charge on any atom is 0.285 e. The molecule has 2 heterocycles. The molecule has 24 heavy (non-hydrogen) atoms. The third kappa shape index (κ3) is 3.72. The van der Waals surface area contributed by atoms with E-state index in [1.165, 1.54) is 34.7 Å². The van der Waals surface area contributed by atoms with Crippen LogP contribution in [0.2, 0.25) is 0 Å². The summed E-state index contributed by atoms with van der Waals surface area (Å²) >= 11 is 1.35. The minimum absolute atomic E-state index is 0.109. The molecule has 122 valence electrons. The van der Waals surface area contributed by atoms with Crippen LogP contribution in [0, 0.1) is 10.1 Å². The van der Waals surface area contributed by atoms with Crippen molar-refractivity contribution in [2.45, 2.75) is 11.8 Å². The molecule has 0 radical (unpaired) electrons. The van der Waals surface area contributed by atoms with Crippen LogP contribution in [0.1, 0.15) is 0 Å². The van der Waals surface area contributed by atoms with Gasteiger partial charge in [-0.25, -0.2) is 4.98 Å². The molecule has 0 fully saturated rings. The molecule has 0 aliphatic heterocycles. The maximum atomic E-state index is 11.7. The minimum atomic E-state index is -0.524. The summed E-state index contributed by atoms with van der Waals surface area (Å²) in [6.45, 7) is 0.328. The number of benzene rings is 1. The number of hydrogen-bond donors (Lipinski definition) is 0. The first kappa shape index (κ1) is 16.0. The minimum Gasteiger partial charge on any atom is -0.431 e. The van der Waals surface area contributed by atoms with Crippen molar-refractivity contribution in [3.63, 3.8) is 0 Å². The van der Waals surface area contributed by atoms with Gasteiger partial charge >= 0.3 is 0 Å². The van der Waals surface area contributed by atoms with Crippen LogP contribution in [0.3, 0.4) is 0 Å². The van der Waals surface area contributed by atoms with Crippen molar-refractivity contribution in [1.29, 1.82) is 0 Å². The summed E-state index contributed by atoms with van der Waals surface area (Å²) in [6.07, 6.45) is 2.89. The molecule has 0 aliphatic carbocycles. The van der Waals surface area contributed by atoms with Crippen LogP contribution in [0.4, 0.5) is 5.69 Å². The summed E-state index contributed by atoms with van der Waals surface area (Å²) in [5.74, 6) is 1.18. The number of oxazole rings is 1. The molecule has 0 bridgehead atoms. The molecule has 0 unspecified atom stereocenters. The van der Waals surface area contributed by atoms with E-state index in [9.17, 15) is 14.9 Å². The molecule has 8 heteroatoms. The number of nitro groups is 1. The van der Waals surface area contributed by atoms with Gasteiger partial charge in [0.15, 0.2) is 5.76 Å². The summed E-state index contributed by atoms with van der Waals surface area (Å²) in [4.78, 5) is 26.1. The fourth-order valence-electron chi connectivity index (χ4n) is 2.09. The number of hydrogen-bond acceptors (Lipinski definition) is 6. The summed E-state index contributed by atoms with van der Waals surface area (Å²) in [5, 5.41) is 11.3. The molecule has 3 aromatic rings. The molecule has 0 amide bonds. The fraction of sp³-hybridized carbons (Fsp3) is 0.125. The van der Waals surface area contributed by atoms with Crippen LogP contribution < -0.4 is 5.56 Å². The molecular formula is C16H13N3O4S. The zero-order valence-corrected chi connectivity index (χ0v) is 13.3. The lowest BCUT2D eigenvalue weighted by atomic mass is 10.2. The van der Waals surface area contributed by atoms with Gasteiger partial charge in [-0.05, 0) is 0 Å². The Morgan fingerprint density at radius 1 is 1.21 bits per heavy atom. The Labute approximate surface area is 141 Å². The van der Waals surface area contributed by atoms with Crippen molar-refractivity contribution in [3.05, 3.63) is 75.3 Å². The average molecular weight is 343 g/mol. The maximum absolute atomic E-state index is 11.7. The quantitative estimate of drug-likeness (QED) is 0.388. The van der Waals surface area contributed by atoms with Gasteiger partial charge in [0.2, 0.25) is 0 Å². The predicted molar refractivity (Wildman–Crippen MR) is 90.0 cm³/mol. The summed E-state index contributed by atoms with van der Waals surface area (Å²) in [6, 6.07) is 12.0. The van der Waals surface area contributed by atoms with Crippen molar-refractivity contribution in [2.75, 3.05) is 5.75 Å². The Hall–Kier alpha value is -2.87. The normalized spacial score (nSPS) is 10.7. The third-order valence-corrected chi connectivity index (χ3v) is 4.10. The lowest BCUT2D eigenvalue weighted by molar-refractivity contribution is -0.385. The standard InChI is InChI=1S/C16H13N3O4S/c20-15-7-6-13(19(21)22)11-18(15)8-9-24-16-17-10-14(23-16)12-4-2-1-3-5-12/h1-7,10-11H,8-9H2. The SMILES string of the molecule is O=c1ccc([N+](=O)[O-])cn1CCSc1ncc(-c2ccccc2)o1. The smallest absolute Gasteiger partial charge is 0.285 e. The van der Waals surface area contributed by atoms with Crippen LogP contribution in [0.25, 0.3) is 11.3 Å². The van der Waals surface area contributed by atoms with E-state index in [2.05, 4.69) is 4.98 Å². The Morgan fingerprint density at radius 2 is 2.00 bits per heavy atom. The molecule has 7 nitrogen and oxygen atoms in total.